The molecule has 26 heavy (non-hydrogen) atoms. The summed E-state index contributed by atoms with van der Waals surface area (Å²) in [5, 5.41) is 6.79. The molecule has 8 heteroatoms. The van der Waals surface area contributed by atoms with Crippen molar-refractivity contribution in [1.82, 2.24) is 9.97 Å². The SMILES string of the molecule is CC/C(=N\OC1COC1)c1ccc(NC(=O)c2cncc(F)c2C)nc1. The Morgan fingerprint density at radius 1 is 1.38 bits per heavy atom. The van der Waals surface area contributed by atoms with E-state index >= 15 is 0 Å². The van der Waals surface area contributed by atoms with Gasteiger partial charge in [-0.3, -0.25) is 9.78 Å². The molecule has 0 bridgehead atoms. The number of nitrogens with one attached hydrogen (secondary N) is 1. The summed E-state index contributed by atoms with van der Waals surface area (Å²) < 4.78 is 18.6. The summed E-state index contributed by atoms with van der Waals surface area (Å²) in [5.41, 5.74) is 1.97. The summed E-state index contributed by atoms with van der Waals surface area (Å²) in [6.07, 6.45) is 4.68. The van der Waals surface area contributed by atoms with E-state index in [9.17, 15) is 9.18 Å². The highest BCUT2D eigenvalue weighted by Gasteiger charge is 2.20. The first kappa shape index (κ1) is 17.9. The lowest BCUT2D eigenvalue weighted by Gasteiger charge is -2.23. The fraction of sp³-hybridized carbons (Fsp3) is 0.333. The Morgan fingerprint density at radius 3 is 2.81 bits per heavy atom. The van der Waals surface area contributed by atoms with Gasteiger partial charge >= 0.3 is 0 Å². The van der Waals surface area contributed by atoms with E-state index in [-0.39, 0.29) is 17.2 Å². The normalized spacial score (nSPS) is 14.7. The van der Waals surface area contributed by atoms with Gasteiger partial charge in [0.2, 0.25) is 0 Å². The molecule has 2 aromatic heterocycles. The Morgan fingerprint density at radius 2 is 2.19 bits per heavy atom. The van der Waals surface area contributed by atoms with E-state index in [1.165, 1.54) is 13.1 Å². The zero-order chi connectivity index (χ0) is 18.5. The van der Waals surface area contributed by atoms with Crippen molar-refractivity contribution in [3.8, 4) is 0 Å². The fourth-order valence-corrected chi connectivity index (χ4v) is 2.29. The maximum atomic E-state index is 13.5. The second kappa shape index (κ2) is 8.01. The largest absolute Gasteiger partial charge is 0.387 e. The number of hydrogen-bond acceptors (Lipinski definition) is 6. The molecule has 136 valence electrons. The van der Waals surface area contributed by atoms with Gasteiger partial charge in [-0.05, 0) is 25.5 Å². The van der Waals surface area contributed by atoms with Crippen molar-refractivity contribution in [3.63, 3.8) is 0 Å². The highest BCUT2D eigenvalue weighted by Crippen LogP contribution is 2.14. The predicted molar refractivity (Wildman–Crippen MR) is 93.6 cm³/mol. The number of pyridine rings is 2. The van der Waals surface area contributed by atoms with Crippen molar-refractivity contribution >= 4 is 17.4 Å². The van der Waals surface area contributed by atoms with Crippen LogP contribution in [0.3, 0.4) is 0 Å². The van der Waals surface area contributed by atoms with Crippen LogP contribution in [0, 0.1) is 12.7 Å². The fourth-order valence-electron chi connectivity index (χ4n) is 2.29. The van der Waals surface area contributed by atoms with Gasteiger partial charge in [-0.25, -0.2) is 9.37 Å². The molecule has 1 N–H and O–H groups in total. The monoisotopic (exact) mass is 358 g/mol. The smallest absolute Gasteiger partial charge is 0.258 e. The molecular weight excluding hydrogens is 339 g/mol. The topological polar surface area (TPSA) is 85.7 Å². The van der Waals surface area contributed by atoms with Crippen LogP contribution in [-0.2, 0) is 9.57 Å². The number of anilines is 1. The molecule has 0 unspecified atom stereocenters. The van der Waals surface area contributed by atoms with Crippen molar-refractivity contribution in [2.24, 2.45) is 5.16 Å². The van der Waals surface area contributed by atoms with E-state index in [2.05, 4.69) is 20.4 Å². The maximum absolute atomic E-state index is 13.5. The van der Waals surface area contributed by atoms with Crippen LogP contribution in [0.25, 0.3) is 0 Å². The molecule has 3 heterocycles. The number of carbonyl (C=O) groups excluding carboxylic acids is 1. The summed E-state index contributed by atoms with van der Waals surface area (Å²) in [4.78, 5) is 25.6. The number of carbonyl (C=O) groups is 1. The van der Waals surface area contributed by atoms with Gasteiger partial charge in [0.1, 0.15) is 11.6 Å². The maximum Gasteiger partial charge on any atom is 0.258 e. The summed E-state index contributed by atoms with van der Waals surface area (Å²) in [6, 6.07) is 3.45. The van der Waals surface area contributed by atoms with Crippen molar-refractivity contribution in [1.29, 1.82) is 0 Å². The Hall–Kier alpha value is -2.87. The summed E-state index contributed by atoms with van der Waals surface area (Å²) in [7, 11) is 0. The molecule has 0 saturated carbocycles. The first-order valence-corrected chi connectivity index (χ1v) is 8.26. The number of rotatable bonds is 6. The highest BCUT2D eigenvalue weighted by molar-refractivity contribution is 6.05. The molecule has 0 radical (unpaired) electrons. The summed E-state index contributed by atoms with van der Waals surface area (Å²) in [5.74, 6) is -0.639. The van der Waals surface area contributed by atoms with Crippen LogP contribution in [0.15, 0.2) is 35.9 Å². The molecule has 1 aliphatic heterocycles. The molecule has 1 aliphatic rings. The van der Waals surface area contributed by atoms with Crippen LogP contribution in [0.4, 0.5) is 10.2 Å². The Labute approximate surface area is 150 Å². The molecule has 0 atom stereocenters. The van der Waals surface area contributed by atoms with E-state index < -0.39 is 11.7 Å². The Bertz CT molecular complexity index is 820. The summed E-state index contributed by atoms with van der Waals surface area (Å²) >= 11 is 0. The first-order chi connectivity index (χ1) is 12.6. The number of hydrogen-bond donors (Lipinski definition) is 1. The average molecular weight is 358 g/mol. The molecule has 0 aliphatic carbocycles. The van der Waals surface area contributed by atoms with Gasteiger partial charge in [-0.2, -0.15) is 0 Å². The van der Waals surface area contributed by atoms with Gasteiger partial charge in [0.05, 0.1) is 30.7 Å². The third-order valence-electron chi connectivity index (χ3n) is 3.99. The molecule has 1 saturated heterocycles. The van der Waals surface area contributed by atoms with Crippen LogP contribution < -0.4 is 5.32 Å². The van der Waals surface area contributed by atoms with Crippen LogP contribution in [0.2, 0.25) is 0 Å². The van der Waals surface area contributed by atoms with Gasteiger partial charge in [0.25, 0.3) is 5.91 Å². The molecule has 0 spiro atoms. The number of oxime groups is 1. The van der Waals surface area contributed by atoms with E-state index in [0.29, 0.717) is 25.5 Å². The molecule has 1 amide bonds. The number of aromatic nitrogens is 2. The second-order valence-electron chi connectivity index (χ2n) is 5.84. The van der Waals surface area contributed by atoms with Crippen molar-refractivity contribution in [3.05, 3.63) is 53.2 Å². The second-order valence-corrected chi connectivity index (χ2v) is 5.84. The van der Waals surface area contributed by atoms with Gasteiger partial charge in [-0.15, -0.1) is 0 Å². The van der Waals surface area contributed by atoms with Crippen molar-refractivity contribution < 1.29 is 18.8 Å². The third-order valence-corrected chi connectivity index (χ3v) is 3.99. The lowest BCUT2D eigenvalue weighted by molar-refractivity contribution is -0.129. The van der Waals surface area contributed by atoms with Crippen molar-refractivity contribution in [2.75, 3.05) is 18.5 Å². The number of ether oxygens (including phenoxy) is 1. The molecule has 1 fully saturated rings. The standard InChI is InChI=1S/C18H19FN4O3/c1-3-16(23-26-13-9-25-10-13)12-4-5-17(21-6-12)22-18(24)14-7-20-8-15(19)11(14)2/h4-8,13H,3,9-10H2,1-2H3,(H,21,22,24)/b23-16+. The minimum absolute atomic E-state index is 0.00573. The average Bonchev–Trinajstić information content (AvgIpc) is 2.60. The zero-order valence-corrected chi connectivity index (χ0v) is 14.5. The summed E-state index contributed by atoms with van der Waals surface area (Å²) in [6.45, 7) is 4.60. The Balaban J connectivity index is 1.68. The number of halogens is 1. The van der Waals surface area contributed by atoms with Gasteiger partial charge < -0.3 is 14.9 Å². The minimum atomic E-state index is -0.526. The number of amides is 1. The quantitative estimate of drug-likeness (QED) is 0.634. The van der Waals surface area contributed by atoms with Gasteiger partial charge in [-0.1, -0.05) is 12.1 Å². The van der Waals surface area contributed by atoms with Crippen LogP contribution in [0.1, 0.15) is 34.8 Å². The molecule has 2 aromatic rings. The minimum Gasteiger partial charge on any atom is -0.387 e. The molecule has 3 rings (SSSR count). The van der Waals surface area contributed by atoms with E-state index in [0.717, 1.165) is 17.5 Å². The van der Waals surface area contributed by atoms with Crippen LogP contribution in [-0.4, -0.2) is 40.9 Å². The van der Waals surface area contributed by atoms with Crippen LogP contribution in [0.5, 0.6) is 0 Å². The van der Waals surface area contributed by atoms with Crippen molar-refractivity contribution in [2.45, 2.75) is 26.4 Å². The molecule has 7 nitrogen and oxygen atoms in total. The number of nitrogens with zero attached hydrogens (tertiary/aromatic N) is 3. The van der Waals surface area contributed by atoms with E-state index in [4.69, 9.17) is 9.57 Å². The van der Waals surface area contributed by atoms with Gasteiger partial charge in [0.15, 0.2) is 6.10 Å². The first-order valence-electron chi connectivity index (χ1n) is 8.26. The highest BCUT2D eigenvalue weighted by atomic mass is 19.1. The van der Waals surface area contributed by atoms with E-state index in [1.54, 1.807) is 18.3 Å². The molecule has 0 aromatic carbocycles. The molecular formula is C18H19FN4O3. The third kappa shape index (κ3) is 4.02. The zero-order valence-electron chi connectivity index (χ0n) is 14.5. The van der Waals surface area contributed by atoms with Crippen LogP contribution >= 0.6 is 0 Å². The van der Waals surface area contributed by atoms with E-state index in [1.807, 2.05) is 6.92 Å². The lowest BCUT2D eigenvalue weighted by atomic mass is 10.1. The van der Waals surface area contributed by atoms with Gasteiger partial charge in [0, 0.05) is 23.5 Å². The predicted octanol–water partition coefficient (Wildman–Crippen LogP) is 2.71. The Kier molecular flexibility index (Phi) is 5.52. The lowest BCUT2D eigenvalue weighted by Crippen LogP contribution is -2.34.